The molecular weight excluding hydrogens is 176 g/mol. The summed E-state index contributed by atoms with van der Waals surface area (Å²) in [5, 5.41) is 9.64. The summed E-state index contributed by atoms with van der Waals surface area (Å²) in [6.07, 6.45) is 5.08. The first kappa shape index (κ1) is 9.91. The molecule has 1 N–H and O–H groups in total. The van der Waals surface area contributed by atoms with Gasteiger partial charge in [0.2, 0.25) is 0 Å². The Hall–Kier alpha value is -0.630. The van der Waals surface area contributed by atoms with Crippen LogP contribution in [0.25, 0.3) is 0 Å². The molecule has 3 atom stereocenters. The number of hydrogen-bond donors (Lipinski definition) is 1. The quantitative estimate of drug-likeness (QED) is 0.641. The van der Waals surface area contributed by atoms with Crippen molar-refractivity contribution < 1.29 is 9.90 Å². The summed E-state index contributed by atoms with van der Waals surface area (Å²) in [5.74, 6) is 0.652. The zero-order valence-corrected chi connectivity index (χ0v) is 8.92. The van der Waals surface area contributed by atoms with Gasteiger partial charge in [-0.3, -0.25) is 4.79 Å². The van der Waals surface area contributed by atoms with E-state index in [-0.39, 0.29) is 17.3 Å². The lowest BCUT2D eigenvalue weighted by Crippen LogP contribution is -2.33. The minimum Gasteiger partial charge on any atom is -0.393 e. The standard InChI is InChI=1S/C12H18O2/c1-8-5-11(14)6-9(2)12(8)4-3-10(13)7-12/h5,9-10,13H,3-4,6-7H2,1-2H3/t9-,10+,12-/m1/s1. The van der Waals surface area contributed by atoms with Crippen molar-refractivity contribution in [3.63, 3.8) is 0 Å². The molecule has 2 rings (SSSR count). The van der Waals surface area contributed by atoms with Gasteiger partial charge in [-0.15, -0.1) is 0 Å². The van der Waals surface area contributed by atoms with E-state index >= 15 is 0 Å². The Morgan fingerprint density at radius 1 is 1.57 bits per heavy atom. The summed E-state index contributed by atoms with van der Waals surface area (Å²) >= 11 is 0. The number of carbonyl (C=O) groups is 1. The van der Waals surface area contributed by atoms with Gasteiger partial charge < -0.3 is 5.11 Å². The van der Waals surface area contributed by atoms with Gasteiger partial charge in [-0.25, -0.2) is 0 Å². The summed E-state index contributed by atoms with van der Waals surface area (Å²) in [7, 11) is 0. The van der Waals surface area contributed by atoms with Crippen LogP contribution in [0.2, 0.25) is 0 Å². The second-order valence-corrected chi connectivity index (χ2v) is 4.95. The van der Waals surface area contributed by atoms with Crippen molar-refractivity contribution in [2.24, 2.45) is 11.3 Å². The van der Waals surface area contributed by atoms with Gasteiger partial charge in [0.1, 0.15) is 0 Å². The highest BCUT2D eigenvalue weighted by Gasteiger charge is 2.46. The first-order chi connectivity index (χ1) is 6.54. The van der Waals surface area contributed by atoms with Gasteiger partial charge in [-0.05, 0) is 43.6 Å². The molecule has 0 aromatic carbocycles. The largest absolute Gasteiger partial charge is 0.393 e. The minimum atomic E-state index is -0.158. The topological polar surface area (TPSA) is 37.3 Å². The smallest absolute Gasteiger partial charge is 0.155 e. The maximum atomic E-state index is 11.4. The first-order valence-electron chi connectivity index (χ1n) is 5.44. The normalized spacial score (nSPS) is 43.1. The molecule has 14 heavy (non-hydrogen) atoms. The van der Waals surface area contributed by atoms with Crippen LogP contribution in [-0.2, 0) is 4.79 Å². The number of hydrogen-bond acceptors (Lipinski definition) is 2. The molecule has 1 fully saturated rings. The summed E-state index contributed by atoms with van der Waals surface area (Å²) in [6, 6.07) is 0. The summed E-state index contributed by atoms with van der Waals surface area (Å²) < 4.78 is 0. The molecule has 1 spiro atoms. The van der Waals surface area contributed by atoms with Crippen molar-refractivity contribution in [2.45, 2.75) is 45.6 Å². The van der Waals surface area contributed by atoms with Gasteiger partial charge in [0.15, 0.2) is 5.78 Å². The molecule has 78 valence electrons. The summed E-state index contributed by atoms with van der Waals surface area (Å²) in [6.45, 7) is 4.19. The molecule has 0 unspecified atom stereocenters. The highest BCUT2D eigenvalue weighted by atomic mass is 16.3. The van der Waals surface area contributed by atoms with Crippen LogP contribution < -0.4 is 0 Å². The molecule has 0 amide bonds. The third kappa shape index (κ3) is 1.33. The number of aliphatic hydroxyl groups excluding tert-OH is 1. The molecular formula is C12H18O2. The highest BCUT2D eigenvalue weighted by molar-refractivity contribution is 5.91. The molecule has 1 saturated carbocycles. The van der Waals surface area contributed by atoms with Crippen molar-refractivity contribution in [1.29, 1.82) is 0 Å². The van der Waals surface area contributed by atoms with Crippen LogP contribution in [0.15, 0.2) is 11.6 Å². The Balaban J connectivity index is 2.33. The molecule has 2 aliphatic rings. The highest BCUT2D eigenvalue weighted by Crippen LogP contribution is 2.52. The van der Waals surface area contributed by atoms with E-state index in [4.69, 9.17) is 0 Å². The molecule has 0 saturated heterocycles. The van der Waals surface area contributed by atoms with Gasteiger partial charge in [0.05, 0.1) is 6.10 Å². The average Bonchev–Trinajstić information content (AvgIpc) is 2.46. The molecule has 0 heterocycles. The van der Waals surface area contributed by atoms with Gasteiger partial charge in [0.25, 0.3) is 0 Å². The fraction of sp³-hybridized carbons (Fsp3) is 0.750. The van der Waals surface area contributed by atoms with Crippen molar-refractivity contribution in [3.8, 4) is 0 Å². The number of aliphatic hydroxyl groups is 1. The second kappa shape index (κ2) is 3.20. The van der Waals surface area contributed by atoms with Crippen LogP contribution in [0.5, 0.6) is 0 Å². The van der Waals surface area contributed by atoms with E-state index in [1.54, 1.807) is 6.08 Å². The van der Waals surface area contributed by atoms with Crippen LogP contribution in [0.3, 0.4) is 0 Å². The van der Waals surface area contributed by atoms with Crippen LogP contribution >= 0.6 is 0 Å². The van der Waals surface area contributed by atoms with Crippen LogP contribution in [0, 0.1) is 11.3 Å². The molecule has 0 radical (unpaired) electrons. The zero-order valence-electron chi connectivity index (χ0n) is 8.92. The lowest BCUT2D eigenvalue weighted by Gasteiger charge is -2.39. The number of allylic oxidation sites excluding steroid dienone is 2. The van der Waals surface area contributed by atoms with Gasteiger partial charge >= 0.3 is 0 Å². The predicted molar refractivity (Wildman–Crippen MR) is 54.8 cm³/mol. The fourth-order valence-corrected chi connectivity index (χ4v) is 3.18. The summed E-state index contributed by atoms with van der Waals surface area (Å²) in [5.41, 5.74) is 1.32. The Kier molecular flexibility index (Phi) is 2.26. The molecule has 2 nitrogen and oxygen atoms in total. The van der Waals surface area contributed by atoms with E-state index in [0.717, 1.165) is 19.3 Å². The third-order valence-electron chi connectivity index (χ3n) is 4.14. The number of rotatable bonds is 0. The van der Waals surface area contributed by atoms with Crippen LogP contribution in [0.1, 0.15) is 39.5 Å². The van der Waals surface area contributed by atoms with Crippen molar-refractivity contribution in [2.75, 3.05) is 0 Å². The maximum absolute atomic E-state index is 11.4. The van der Waals surface area contributed by atoms with Crippen LogP contribution in [-0.4, -0.2) is 17.0 Å². The Morgan fingerprint density at radius 2 is 2.29 bits per heavy atom. The van der Waals surface area contributed by atoms with E-state index < -0.39 is 0 Å². The Bertz CT molecular complexity index is 293. The lowest BCUT2D eigenvalue weighted by molar-refractivity contribution is -0.117. The predicted octanol–water partition coefficient (Wildman–Crippen LogP) is 2.07. The number of carbonyl (C=O) groups excluding carboxylic acids is 1. The second-order valence-electron chi connectivity index (χ2n) is 4.95. The van der Waals surface area contributed by atoms with E-state index in [9.17, 15) is 9.90 Å². The zero-order chi connectivity index (χ0) is 10.3. The van der Waals surface area contributed by atoms with E-state index in [2.05, 4.69) is 6.92 Å². The average molecular weight is 194 g/mol. The molecule has 2 aliphatic carbocycles. The summed E-state index contributed by atoms with van der Waals surface area (Å²) in [4.78, 5) is 11.4. The molecule has 0 aromatic rings. The Labute approximate surface area is 85.0 Å². The lowest BCUT2D eigenvalue weighted by atomic mass is 9.65. The van der Waals surface area contributed by atoms with E-state index in [1.807, 2.05) is 6.92 Å². The van der Waals surface area contributed by atoms with Crippen molar-refractivity contribution >= 4 is 5.78 Å². The molecule has 0 aliphatic heterocycles. The Morgan fingerprint density at radius 3 is 2.79 bits per heavy atom. The molecule has 2 heteroatoms. The molecule has 0 bridgehead atoms. The SMILES string of the molecule is CC1=CC(=O)C[C@@H](C)[C@@]12CC[C@H](O)C2. The third-order valence-corrected chi connectivity index (χ3v) is 4.14. The van der Waals surface area contributed by atoms with E-state index in [0.29, 0.717) is 12.3 Å². The van der Waals surface area contributed by atoms with Crippen molar-refractivity contribution in [3.05, 3.63) is 11.6 Å². The van der Waals surface area contributed by atoms with Crippen LogP contribution in [0.4, 0.5) is 0 Å². The first-order valence-corrected chi connectivity index (χ1v) is 5.44. The number of ketones is 1. The van der Waals surface area contributed by atoms with E-state index in [1.165, 1.54) is 5.57 Å². The van der Waals surface area contributed by atoms with Gasteiger partial charge in [-0.1, -0.05) is 12.5 Å². The minimum absolute atomic E-state index is 0.132. The maximum Gasteiger partial charge on any atom is 0.155 e. The van der Waals surface area contributed by atoms with Gasteiger partial charge in [-0.2, -0.15) is 0 Å². The molecule has 0 aromatic heterocycles. The van der Waals surface area contributed by atoms with Crippen molar-refractivity contribution in [1.82, 2.24) is 0 Å². The van der Waals surface area contributed by atoms with Gasteiger partial charge in [0, 0.05) is 6.42 Å². The monoisotopic (exact) mass is 194 g/mol. The fourth-order valence-electron chi connectivity index (χ4n) is 3.18.